The number of benzene rings is 1. The van der Waals surface area contributed by atoms with Crippen LogP contribution in [-0.2, 0) is 17.8 Å². The summed E-state index contributed by atoms with van der Waals surface area (Å²) >= 11 is 0. The lowest BCUT2D eigenvalue weighted by atomic mass is 9.97. The van der Waals surface area contributed by atoms with Crippen LogP contribution < -0.4 is 11.0 Å². The molecule has 1 aromatic carbocycles. The van der Waals surface area contributed by atoms with Crippen molar-refractivity contribution in [3.05, 3.63) is 52.2 Å². The lowest BCUT2D eigenvalue weighted by Gasteiger charge is -2.22. The van der Waals surface area contributed by atoms with E-state index >= 15 is 0 Å². The highest BCUT2D eigenvalue weighted by atomic mass is 16.5. The zero-order chi connectivity index (χ0) is 17.1. The van der Waals surface area contributed by atoms with Gasteiger partial charge in [-0.3, -0.25) is 4.57 Å². The molecule has 2 aromatic rings. The Kier molecular flexibility index (Phi) is 4.99. The fourth-order valence-corrected chi connectivity index (χ4v) is 3.85. The molecule has 1 atom stereocenters. The van der Waals surface area contributed by atoms with E-state index in [1.807, 2.05) is 22.8 Å². The highest BCUT2D eigenvalue weighted by Crippen LogP contribution is 2.23. The fraction of sp³-hybridized carbons (Fsp3) is 0.579. The van der Waals surface area contributed by atoms with Crippen molar-refractivity contribution in [3.8, 4) is 0 Å². The molecule has 2 fully saturated rings. The summed E-state index contributed by atoms with van der Waals surface area (Å²) in [5.41, 5.74) is 1.13. The van der Waals surface area contributed by atoms with Crippen molar-refractivity contribution in [2.45, 2.75) is 50.8 Å². The van der Waals surface area contributed by atoms with Crippen molar-refractivity contribution in [2.75, 3.05) is 19.7 Å². The van der Waals surface area contributed by atoms with E-state index in [0.29, 0.717) is 19.0 Å². The van der Waals surface area contributed by atoms with Crippen molar-refractivity contribution >= 4 is 0 Å². The molecule has 2 saturated heterocycles. The van der Waals surface area contributed by atoms with E-state index in [0.717, 1.165) is 56.8 Å². The highest BCUT2D eigenvalue weighted by molar-refractivity contribution is 5.16. The lowest BCUT2D eigenvalue weighted by molar-refractivity contribution is 0.0928. The zero-order valence-electron chi connectivity index (χ0n) is 14.6. The summed E-state index contributed by atoms with van der Waals surface area (Å²) in [7, 11) is 0. The third-order valence-corrected chi connectivity index (χ3v) is 5.24. The molecule has 6 heteroatoms. The number of nitrogens with zero attached hydrogens (tertiary/aromatic N) is 3. The average Bonchev–Trinajstić information content (AvgIpc) is 3.27. The van der Waals surface area contributed by atoms with E-state index in [2.05, 4.69) is 17.4 Å². The third kappa shape index (κ3) is 3.70. The summed E-state index contributed by atoms with van der Waals surface area (Å²) in [4.78, 5) is 13.0. The number of piperidine rings is 1. The first-order valence-electron chi connectivity index (χ1n) is 9.35. The first kappa shape index (κ1) is 16.5. The van der Waals surface area contributed by atoms with Crippen LogP contribution in [-0.4, -0.2) is 40.1 Å². The molecule has 6 nitrogen and oxygen atoms in total. The smallest absolute Gasteiger partial charge is 0.346 e. The summed E-state index contributed by atoms with van der Waals surface area (Å²) in [6.45, 7) is 3.93. The van der Waals surface area contributed by atoms with Gasteiger partial charge in [-0.05, 0) is 44.3 Å². The van der Waals surface area contributed by atoms with Crippen LogP contribution in [0.1, 0.15) is 43.0 Å². The SMILES string of the molecule is O=c1n(C[C@@H]2CCCO2)nc(C2CCNCC2)n1Cc1ccccc1. The maximum absolute atomic E-state index is 13.0. The standard InChI is InChI=1S/C19H26N4O2/c24-19-22(13-15-5-2-1-3-6-15)18(16-8-10-20-11-9-16)21-23(19)14-17-7-4-12-25-17/h1-3,5-6,16-17,20H,4,7-14H2/t17-/m0/s1. The Morgan fingerprint density at radius 3 is 2.68 bits per heavy atom. The summed E-state index contributed by atoms with van der Waals surface area (Å²) in [5, 5.41) is 8.14. The minimum absolute atomic E-state index is 0.00659. The van der Waals surface area contributed by atoms with Crippen LogP contribution in [0.25, 0.3) is 0 Å². The molecule has 1 N–H and O–H groups in total. The summed E-state index contributed by atoms with van der Waals surface area (Å²) in [6.07, 6.45) is 4.28. The third-order valence-electron chi connectivity index (χ3n) is 5.24. The summed E-state index contributed by atoms with van der Waals surface area (Å²) in [5.74, 6) is 1.29. The molecule has 3 heterocycles. The maximum Gasteiger partial charge on any atom is 0.346 e. The quantitative estimate of drug-likeness (QED) is 0.899. The zero-order valence-corrected chi connectivity index (χ0v) is 14.6. The van der Waals surface area contributed by atoms with Gasteiger partial charge in [-0.1, -0.05) is 30.3 Å². The lowest BCUT2D eigenvalue weighted by Crippen LogP contribution is -2.31. The van der Waals surface area contributed by atoms with E-state index in [-0.39, 0.29) is 11.8 Å². The second-order valence-corrected chi connectivity index (χ2v) is 7.05. The number of ether oxygens (including phenoxy) is 1. The number of hydrogen-bond acceptors (Lipinski definition) is 4. The Morgan fingerprint density at radius 2 is 1.96 bits per heavy atom. The molecule has 0 spiro atoms. The molecule has 134 valence electrons. The topological polar surface area (TPSA) is 61.1 Å². The molecule has 0 saturated carbocycles. The molecule has 0 bridgehead atoms. The molecule has 25 heavy (non-hydrogen) atoms. The van der Waals surface area contributed by atoms with Gasteiger partial charge in [0.1, 0.15) is 5.82 Å². The maximum atomic E-state index is 13.0. The summed E-state index contributed by atoms with van der Waals surface area (Å²) in [6, 6.07) is 10.2. The Balaban J connectivity index is 1.65. The predicted molar refractivity (Wildman–Crippen MR) is 95.8 cm³/mol. The molecule has 0 amide bonds. The van der Waals surface area contributed by atoms with Gasteiger partial charge in [-0.15, -0.1) is 0 Å². The summed E-state index contributed by atoms with van der Waals surface area (Å²) < 4.78 is 9.22. The van der Waals surface area contributed by atoms with Gasteiger partial charge >= 0.3 is 5.69 Å². The van der Waals surface area contributed by atoms with Crippen LogP contribution in [0.4, 0.5) is 0 Å². The molecule has 0 unspecified atom stereocenters. The predicted octanol–water partition coefficient (Wildman–Crippen LogP) is 1.74. The van der Waals surface area contributed by atoms with Gasteiger partial charge in [0.05, 0.1) is 19.2 Å². The molecule has 1 aromatic heterocycles. The van der Waals surface area contributed by atoms with Crippen LogP contribution in [0.5, 0.6) is 0 Å². The van der Waals surface area contributed by atoms with Crippen molar-refractivity contribution in [1.29, 1.82) is 0 Å². The van der Waals surface area contributed by atoms with Crippen LogP contribution in [0.2, 0.25) is 0 Å². The number of nitrogens with one attached hydrogen (secondary N) is 1. The van der Waals surface area contributed by atoms with E-state index in [1.165, 1.54) is 0 Å². The molecule has 2 aliphatic heterocycles. The van der Waals surface area contributed by atoms with Gasteiger partial charge in [0.2, 0.25) is 0 Å². The van der Waals surface area contributed by atoms with E-state index in [4.69, 9.17) is 9.84 Å². The van der Waals surface area contributed by atoms with Crippen LogP contribution in [0.15, 0.2) is 35.1 Å². The van der Waals surface area contributed by atoms with Crippen molar-refractivity contribution in [1.82, 2.24) is 19.7 Å². The van der Waals surface area contributed by atoms with Gasteiger partial charge in [0.15, 0.2) is 0 Å². The first-order chi connectivity index (χ1) is 12.3. The van der Waals surface area contributed by atoms with Gasteiger partial charge in [-0.25, -0.2) is 9.48 Å². The largest absolute Gasteiger partial charge is 0.376 e. The second kappa shape index (κ2) is 7.54. The number of aromatic nitrogens is 3. The van der Waals surface area contributed by atoms with Gasteiger partial charge in [0.25, 0.3) is 0 Å². The van der Waals surface area contributed by atoms with Crippen LogP contribution in [0.3, 0.4) is 0 Å². The fourth-order valence-electron chi connectivity index (χ4n) is 3.85. The second-order valence-electron chi connectivity index (χ2n) is 7.05. The number of rotatable bonds is 5. The first-order valence-corrected chi connectivity index (χ1v) is 9.35. The highest BCUT2D eigenvalue weighted by Gasteiger charge is 2.26. The van der Waals surface area contributed by atoms with Gasteiger partial charge < -0.3 is 10.1 Å². The number of hydrogen-bond donors (Lipinski definition) is 1. The van der Waals surface area contributed by atoms with Crippen molar-refractivity contribution < 1.29 is 4.74 Å². The van der Waals surface area contributed by atoms with Crippen LogP contribution in [0, 0.1) is 0 Å². The van der Waals surface area contributed by atoms with E-state index < -0.39 is 0 Å². The Morgan fingerprint density at radius 1 is 1.16 bits per heavy atom. The minimum Gasteiger partial charge on any atom is -0.376 e. The van der Waals surface area contributed by atoms with E-state index in [9.17, 15) is 4.79 Å². The molecule has 4 rings (SSSR count). The Bertz CT molecular complexity index is 741. The molecule has 2 aliphatic rings. The molecule has 0 aliphatic carbocycles. The van der Waals surface area contributed by atoms with Crippen molar-refractivity contribution in [2.24, 2.45) is 0 Å². The molecule has 0 radical (unpaired) electrons. The van der Waals surface area contributed by atoms with Crippen LogP contribution >= 0.6 is 0 Å². The Labute approximate surface area is 147 Å². The van der Waals surface area contributed by atoms with Gasteiger partial charge in [-0.2, -0.15) is 5.10 Å². The monoisotopic (exact) mass is 342 g/mol. The van der Waals surface area contributed by atoms with Crippen molar-refractivity contribution in [3.63, 3.8) is 0 Å². The molecular formula is C19H26N4O2. The normalized spacial score (nSPS) is 21.7. The van der Waals surface area contributed by atoms with Gasteiger partial charge in [0, 0.05) is 12.5 Å². The minimum atomic E-state index is -0.00659. The Hall–Kier alpha value is -1.92. The van der Waals surface area contributed by atoms with E-state index in [1.54, 1.807) is 4.68 Å². The molecular weight excluding hydrogens is 316 g/mol. The average molecular weight is 342 g/mol.